The van der Waals surface area contributed by atoms with Gasteiger partial charge in [-0.2, -0.15) is 5.10 Å². The molecular formula is C15H14F3N3O3. The van der Waals surface area contributed by atoms with Crippen molar-refractivity contribution >= 4 is 11.7 Å². The van der Waals surface area contributed by atoms with Crippen LogP contribution in [-0.2, 0) is 11.3 Å². The van der Waals surface area contributed by atoms with Crippen LogP contribution >= 0.6 is 0 Å². The zero-order chi connectivity index (χ0) is 17.9. The standard InChI is InChI=1S/C15H14F3N3O3/c1-2-21-6-9(5-19-21)14(23)15(24)20-12(7-22)8-3-10(16)13(18)11(17)4-8/h3-6,12,22H,2,7H2,1H3,(H,20,24). The fourth-order valence-electron chi connectivity index (χ4n) is 2.02. The molecule has 2 N–H and O–H groups in total. The number of ketones is 1. The lowest BCUT2D eigenvalue weighted by Gasteiger charge is -2.16. The van der Waals surface area contributed by atoms with Crippen molar-refractivity contribution in [2.24, 2.45) is 0 Å². The highest BCUT2D eigenvalue weighted by molar-refractivity contribution is 6.42. The molecule has 0 aliphatic rings. The average Bonchev–Trinajstić information content (AvgIpc) is 3.05. The number of carbonyl (C=O) groups excluding carboxylic acids is 2. The van der Waals surface area contributed by atoms with Gasteiger partial charge < -0.3 is 10.4 Å². The molecule has 1 unspecified atom stereocenters. The highest BCUT2D eigenvalue weighted by atomic mass is 19.2. The van der Waals surface area contributed by atoms with E-state index in [1.807, 2.05) is 0 Å². The topological polar surface area (TPSA) is 84.2 Å². The van der Waals surface area contributed by atoms with Gasteiger partial charge in [-0.3, -0.25) is 14.3 Å². The zero-order valence-electron chi connectivity index (χ0n) is 12.6. The lowest BCUT2D eigenvalue weighted by atomic mass is 10.1. The Morgan fingerprint density at radius 3 is 2.42 bits per heavy atom. The van der Waals surface area contributed by atoms with Crippen LogP contribution < -0.4 is 5.32 Å². The molecule has 1 aromatic heterocycles. The Morgan fingerprint density at radius 1 is 1.29 bits per heavy atom. The first kappa shape index (κ1) is 17.7. The van der Waals surface area contributed by atoms with E-state index in [0.29, 0.717) is 18.7 Å². The molecule has 1 heterocycles. The number of carbonyl (C=O) groups is 2. The lowest BCUT2D eigenvalue weighted by Crippen LogP contribution is -2.36. The summed E-state index contributed by atoms with van der Waals surface area (Å²) in [5.74, 6) is -6.60. The molecule has 0 aliphatic carbocycles. The van der Waals surface area contributed by atoms with Crippen molar-refractivity contribution in [1.82, 2.24) is 15.1 Å². The smallest absolute Gasteiger partial charge is 0.293 e. The molecule has 2 aromatic rings. The first-order chi connectivity index (χ1) is 11.4. The molecule has 1 aromatic carbocycles. The van der Waals surface area contributed by atoms with E-state index in [9.17, 15) is 27.9 Å². The van der Waals surface area contributed by atoms with Gasteiger partial charge in [0.15, 0.2) is 17.5 Å². The van der Waals surface area contributed by atoms with Crippen LogP contribution in [0, 0.1) is 17.5 Å². The number of halogens is 3. The molecule has 0 spiro atoms. The molecule has 0 radical (unpaired) electrons. The molecule has 0 aliphatic heterocycles. The van der Waals surface area contributed by atoms with E-state index in [1.54, 1.807) is 6.92 Å². The van der Waals surface area contributed by atoms with Gasteiger partial charge in [-0.15, -0.1) is 0 Å². The minimum absolute atomic E-state index is 0.0301. The molecule has 128 valence electrons. The summed E-state index contributed by atoms with van der Waals surface area (Å²) in [5.41, 5.74) is -0.179. The van der Waals surface area contributed by atoms with Gasteiger partial charge in [-0.25, -0.2) is 13.2 Å². The highest BCUT2D eigenvalue weighted by Gasteiger charge is 2.23. The van der Waals surface area contributed by atoms with E-state index >= 15 is 0 Å². The second kappa shape index (κ2) is 7.26. The molecule has 0 saturated carbocycles. The van der Waals surface area contributed by atoms with Crippen LogP contribution in [0.2, 0.25) is 0 Å². The number of Topliss-reactive ketones (excluding diaryl/α,β-unsaturated/α-hetero) is 1. The second-order valence-electron chi connectivity index (χ2n) is 4.92. The summed E-state index contributed by atoms with van der Waals surface area (Å²) >= 11 is 0. The van der Waals surface area contributed by atoms with Crippen LogP contribution in [0.1, 0.15) is 28.9 Å². The third-order valence-corrected chi connectivity index (χ3v) is 3.32. The molecule has 6 nitrogen and oxygen atoms in total. The molecule has 0 fully saturated rings. The average molecular weight is 341 g/mol. The van der Waals surface area contributed by atoms with Crippen molar-refractivity contribution in [2.75, 3.05) is 6.61 Å². The third kappa shape index (κ3) is 3.62. The van der Waals surface area contributed by atoms with Crippen LogP contribution in [-0.4, -0.2) is 33.2 Å². The van der Waals surface area contributed by atoms with Crippen molar-refractivity contribution < 1.29 is 27.9 Å². The van der Waals surface area contributed by atoms with E-state index in [-0.39, 0.29) is 11.1 Å². The number of aryl methyl sites for hydroxylation is 1. The van der Waals surface area contributed by atoms with E-state index < -0.39 is 41.8 Å². The van der Waals surface area contributed by atoms with Crippen molar-refractivity contribution in [3.8, 4) is 0 Å². The fourth-order valence-corrected chi connectivity index (χ4v) is 2.02. The Bertz CT molecular complexity index is 753. The van der Waals surface area contributed by atoms with Crippen molar-refractivity contribution in [3.63, 3.8) is 0 Å². The number of rotatable bonds is 6. The number of benzene rings is 1. The number of aliphatic hydroxyl groups excluding tert-OH is 1. The molecular weight excluding hydrogens is 327 g/mol. The van der Waals surface area contributed by atoms with Gasteiger partial charge in [0.25, 0.3) is 11.7 Å². The van der Waals surface area contributed by atoms with Crippen molar-refractivity contribution in [3.05, 3.63) is 53.1 Å². The number of aromatic nitrogens is 2. The number of hydrogen-bond donors (Lipinski definition) is 2. The quantitative estimate of drug-likeness (QED) is 0.472. The zero-order valence-corrected chi connectivity index (χ0v) is 12.6. The van der Waals surface area contributed by atoms with Gasteiger partial charge in [0.1, 0.15) is 0 Å². The molecule has 9 heteroatoms. The summed E-state index contributed by atoms with van der Waals surface area (Å²) in [7, 11) is 0. The summed E-state index contributed by atoms with van der Waals surface area (Å²) < 4.78 is 40.9. The fraction of sp³-hybridized carbons (Fsp3) is 0.267. The molecule has 0 saturated heterocycles. The Kier molecular flexibility index (Phi) is 5.35. The van der Waals surface area contributed by atoms with E-state index in [1.165, 1.54) is 17.1 Å². The maximum atomic E-state index is 13.3. The number of nitrogens with one attached hydrogen (secondary N) is 1. The van der Waals surface area contributed by atoms with Gasteiger partial charge in [0.05, 0.1) is 24.4 Å². The van der Waals surface area contributed by atoms with Crippen LogP contribution in [0.15, 0.2) is 24.5 Å². The first-order valence-corrected chi connectivity index (χ1v) is 7.00. The largest absolute Gasteiger partial charge is 0.394 e. The van der Waals surface area contributed by atoms with Crippen LogP contribution in [0.4, 0.5) is 13.2 Å². The normalized spacial score (nSPS) is 12.0. The second-order valence-corrected chi connectivity index (χ2v) is 4.92. The molecule has 1 amide bonds. The van der Waals surface area contributed by atoms with Crippen LogP contribution in [0.3, 0.4) is 0 Å². The van der Waals surface area contributed by atoms with E-state index in [2.05, 4.69) is 10.4 Å². The Balaban J connectivity index is 2.17. The molecule has 1 atom stereocenters. The van der Waals surface area contributed by atoms with Gasteiger partial charge in [0.2, 0.25) is 0 Å². The van der Waals surface area contributed by atoms with Crippen LogP contribution in [0.5, 0.6) is 0 Å². The summed E-state index contributed by atoms with van der Waals surface area (Å²) in [6, 6.07) is 0.00508. The molecule has 0 bridgehead atoms. The highest BCUT2D eigenvalue weighted by Crippen LogP contribution is 2.19. The SMILES string of the molecule is CCn1cc(C(=O)C(=O)NC(CO)c2cc(F)c(F)c(F)c2)cn1. The minimum Gasteiger partial charge on any atom is -0.394 e. The lowest BCUT2D eigenvalue weighted by molar-refractivity contribution is -0.118. The van der Waals surface area contributed by atoms with Gasteiger partial charge in [-0.05, 0) is 24.6 Å². The molecule has 24 heavy (non-hydrogen) atoms. The Morgan fingerprint density at radius 2 is 1.92 bits per heavy atom. The summed E-state index contributed by atoms with van der Waals surface area (Å²) in [6.45, 7) is 1.56. The van der Waals surface area contributed by atoms with E-state index in [4.69, 9.17) is 0 Å². The van der Waals surface area contributed by atoms with Crippen molar-refractivity contribution in [1.29, 1.82) is 0 Å². The maximum absolute atomic E-state index is 13.3. The third-order valence-electron chi connectivity index (χ3n) is 3.32. The number of amides is 1. The number of nitrogens with zero attached hydrogens (tertiary/aromatic N) is 2. The van der Waals surface area contributed by atoms with Gasteiger partial charge >= 0.3 is 0 Å². The predicted octanol–water partition coefficient (Wildman–Crippen LogP) is 1.35. The summed E-state index contributed by atoms with van der Waals surface area (Å²) in [5, 5.41) is 15.3. The predicted molar refractivity (Wildman–Crippen MR) is 76.5 cm³/mol. The Labute approximate surface area is 134 Å². The van der Waals surface area contributed by atoms with Crippen LogP contribution in [0.25, 0.3) is 0 Å². The summed E-state index contributed by atoms with van der Waals surface area (Å²) in [6.07, 6.45) is 2.57. The van der Waals surface area contributed by atoms with E-state index in [0.717, 1.165) is 0 Å². The summed E-state index contributed by atoms with van der Waals surface area (Å²) in [4.78, 5) is 23.9. The number of aliphatic hydroxyl groups is 1. The molecule has 2 rings (SSSR count). The number of hydrogen-bond acceptors (Lipinski definition) is 4. The monoisotopic (exact) mass is 341 g/mol. The maximum Gasteiger partial charge on any atom is 0.293 e. The first-order valence-electron chi connectivity index (χ1n) is 7.00. The van der Waals surface area contributed by atoms with Gasteiger partial charge in [0, 0.05) is 12.7 Å². The minimum atomic E-state index is -1.66. The van der Waals surface area contributed by atoms with Crippen molar-refractivity contribution in [2.45, 2.75) is 19.5 Å². The Hall–Kier alpha value is -2.68. The van der Waals surface area contributed by atoms with Gasteiger partial charge in [-0.1, -0.05) is 0 Å².